The molecule has 1 atom stereocenters. The van der Waals surface area contributed by atoms with E-state index in [1.54, 1.807) is 14.2 Å². The summed E-state index contributed by atoms with van der Waals surface area (Å²) in [6.45, 7) is 5.63. The highest BCUT2D eigenvalue weighted by Crippen LogP contribution is 2.41. The molecule has 8 heteroatoms. The first-order chi connectivity index (χ1) is 18.0. The lowest BCUT2D eigenvalue weighted by Crippen LogP contribution is -2.51. The van der Waals surface area contributed by atoms with Crippen molar-refractivity contribution in [3.8, 4) is 17.2 Å². The second-order valence-corrected chi connectivity index (χ2v) is 9.66. The van der Waals surface area contributed by atoms with Crippen LogP contribution >= 0.6 is 0 Å². The van der Waals surface area contributed by atoms with E-state index >= 15 is 0 Å². The molecule has 1 aromatic heterocycles. The molecule has 1 saturated heterocycles. The Kier molecular flexibility index (Phi) is 7.46. The zero-order valence-electron chi connectivity index (χ0n) is 22.3. The standard InChI is InChI=1S/C29H37N3O5/c1-5-37-28-18-24-20(16-27(28)35-4)10-11-32(29(33)31-12-14-36-15-13-31)26(24)8-6-21-19-30(2)25-9-7-22(34-3)17-23(21)25/h7,9,16-19,26H,5-6,8,10-15H2,1-4H3. The number of ether oxygens (including phenoxy) is 4. The van der Waals surface area contributed by atoms with Crippen LogP contribution in [0.4, 0.5) is 4.79 Å². The summed E-state index contributed by atoms with van der Waals surface area (Å²) in [7, 11) is 5.44. The van der Waals surface area contributed by atoms with Gasteiger partial charge in [-0.05, 0) is 73.2 Å². The molecule has 3 heterocycles. The second kappa shape index (κ2) is 10.9. The molecule has 0 radical (unpaired) electrons. The van der Waals surface area contributed by atoms with Crippen molar-refractivity contribution in [2.75, 3.05) is 53.7 Å². The van der Waals surface area contributed by atoms with Crippen LogP contribution < -0.4 is 14.2 Å². The lowest BCUT2D eigenvalue weighted by atomic mass is 9.88. The van der Waals surface area contributed by atoms with Gasteiger partial charge in [0.25, 0.3) is 0 Å². The molecule has 198 valence electrons. The van der Waals surface area contributed by atoms with Crippen LogP contribution in [0.5, 0.6) is 17.2 Å². The number of carbonyl (C=O) groups is 1. The van der Waals surface area contributed by atoms with Gasteiger partial charge >= 0.3 is 6.03 Å². The van der Waals surface area contributed by atoms with Gasteiger partial charge in [-0.1, -0.05) is 0 Å². The molecule has 37 heavy (non-hydrogen) atoms. The average Bonchev–Trinajstić information content (AvgIpc) is 3.25. The zero-order chi connectivity index (χ0) is 25.9. The lowest BCUT2D eigenvalue weighted by Gasteiger charge is -2.41. The van der Waals surface area contributed by atoms with E-state index in [1.165, 1.54) is 22.0 Å². The minimum absolute atomic E-state index is 0.0647. The molecule has 5 rings (SSSR count). The molecule has 0 bridgehead atoms. The Morgan fingerprint density at radius 2 is 1.86 bits per heavy atom. The number of aryl methyl sites for hydroxylation is 2. The summed E-state index contributed by atoms with van der Waals surface area (Å²) in [5.74, 6) is 2.32. The summed E-state index contributed by atoms with van der Waals surface area (Å²) in [6.07, 6.45) is 4.62. The number of rotatable bonds is 7. The van der Waals surface area contributed by atoms with Gasteiger partial charge in [0.05, 0.1) is 40.1 Å². The van der Waals surface area contributed by atoms with Crippen molar-refractivity contribution in [2.45, 2.75) is 32.2 Å². The Hall–Kier alpha value is -3.39. The molecular formula is C29H37N3O5. The normalized spacial score (nSPS) is 17.6. The number of nitrogens with zero attached hydrogens (tertiary/aromatic N) is 3. The number of aromatic nitrogens is 1. The van der Waals surface area contributed by atoms with Crippen molar-refractivity contribution in [3.63, 3.8) is 0 Å². The Morgan fingerprint density at radius 1 is 1.05 bits per heavy atom. The first-order valence-electron chi connectivity index (χ1n) is 13.1. The number of benzene rings is 2. The highest BCUT2D eigenvalue weighted by atomic mass is 16.5. The Balaban J connectivity index is 1.50. The molecule has 3 aromatic rings. The third-order valence-electron chi connectivity index (χ3n) is 7.58. The van der Waals surface area contributed by atoms with E-state index in [0.29, 0.717) is 39.5 Å². The first-order valence-corrected chi connectivity index (χ1v) is 13.1. The molecule has 0 N–H and O–H groups in total. The summed E-state index contributed by atoms with van der Waals surface area (Å²) >= 11 is 0. The van der Waals surface area contributed by atoms with E-state index < -0.39 is 0 Å². The van der Waals surface area contributed by atoms with E-state index in [-0.39, 0.29) is 12.1 Å². The molecule has 1 fully saturated rings. The first kappa shape index (κ1) is 25.3. The third kappa shape index (κ3) is 4.94. The molecule has 0 saturated carbocycles. The summed E-state index contributed by atoms with van der Waals surface area (Å²) < 4.78 is 24.7. The molecule has 0 spiro atoms. The minimum atomic E-state index is -0.0647. The van der Waals surface area contributed by atoms with Crippen molar-refractivity contribution in [1.29, 1.82) is 0 Å². The van der Waals surface area contributed by atoms with Crippen molar-refractivity contribution >= 4 is 16.9 Å². The molecule has 1 unspecified atom stereocenters. The monoisotopic (exact) mass is 507 g/mol. The number of hydrogen-bond acceptors (Lipinski definition) is 5. The number of fused-ring (bicyclic) bond motifs is 2. The fourth-order valence-electron chi connectivity index (χ4n) is 5.68. The van der Waals surface area contributed by atoms with E-state index in [1.807, 2.05) is 17.9 Å². The summed E-state index contributed by atoms with van der Waals surface area (Å²) in [4.78, 5) is 17.7. The van der Waals surface area contributed by atoms with Crippen LogP contribution in [0.25, 0.3) is 10.9 Å². The van der Waals surface area contributed by atoms with Gasteiger partial charge in [0, 0.05) is 43.8 Å². The largest absolute Gasteiger partial charge is 0.497 e. The van der Waals surface area contributed by atoms with Crippen LogP contribution in [-0.4, -0.2) is 74.1 Å². The van der Waals surface area contributed by atoms with Crippen molar-refractivity contribution in [1.82, 2.24) is 14.4 Å². The number of hydrogen-bond donors (Lipinski definition) is 0. The van der Waals surface area contributed by atoms with Gasteiger partial charge in [-0.3, -0.25) is 0 Å². The van der Waals surface area contributed by atoms with Crippen LogP contribution in [0.3, 0.4) is 0 Å². The molecule has 2 amide bonds. The Labute approximate surface area is 218 Å². The molecule has 0 aliphatic carbocycles. The van der Waals surface area contributed by atoms with Gasteiger partial charge in [-0.15, -0.1) is 0 Å². The number of methoxy groups -OCH3 is 2. The third-order valence-corrected chi connectivity index (χ3v) is 7.58. The molecule has 8 nitrogen and oxygen atoms in total. The SMILES string of the molecule is CCOc1cc2c(cc1OC)CCN(C(=O)N1CCOCC1)C2CCc1cn(C)c2ccc(OC)cc12. The highest BCUT2D eigenvalue weighted by Gasteiger charge is 2.35. The topological polar surface area (TPSA) is 65.4 Å². The van der Waals surface area contributed by atoms with Crippen molar-refractivity contribution in [3.05, 3.63) is 53.2 Å². The number of carbonyl (C=O) groups excluding carboxylic acids is 1. The average molecular weight is 508 g/mol. The van der Waals surface area contributed by atoms with Crippen molar-refractivity contribution in [2.24, 2.45) is 7.05 Å². The van der Waals surface area contributed by atoms with E-state index in [0.717, 1.165) is 42.1 Å². The maximum Gasteiger partial charge on any atom is 0.320 e. The smallest absolute Gasteiger partial charge is 0.320 e. The van der Waals surface area contributed by atoms with E-state index in [4.69, 9.17) is 18.9 Å². The summed E-state index contributed by atoms with van der Waals surface area (Å²) in [6, 6.07) is 10.4. The van der Waals surface area contributed by atoms with E-state index in [2.05, 4.69) is 47.0 Å². The maximum atomic E-state index is 13.7. The van der Waals surface area contributed by atoms with Gasteiger partial charge in [-0.25, -0.2) is 4.79 Å². The number of amides is 2. The van der Waals surface area contributed by atoms with Crippen LogP contribution in [-0.2, 0) is 24.6 Å². The highest BCUT2D eigenvalue weighted by molar-refractivity contribution is 5.85. The van der Waals surface area contributed by atoms with Gasteiger partial charge in [0.2, 0.25) is 0 Å². The van der Waals surface area contributed by atoms with E-state index in [9.17, 15) is 4.79 Å². The van der Waals surface area contributed by atoms with Gasteiger partial charge in [0.1, 0.15) is 5.75 Å². The quantitative estimate of drug-likeness (QED) is 0.469. The summed E-state index contributed by atoms with van der Waals surface area (Å²) in [5.41, 5.74) is 4.79. The molecular weight excluding hydrogens is 470 g/mol. The van der Waals surface area contributed by atoms with Crippen LogP contribution in [0.2, 0.25) is 0 Å². The Bertz CT molecular complexity index is 1260. The minimum Gasteiger partial charge on any atom is -0.497 e. The maximum absolute atomic E-state index is 13.7. The predicted octanol–water partition coefficient (Wildman–Crippen LogP) is 4.58. The predicted molar refractivity (Wildman–Crippen MR) is 143 cm³/mol. The zero-order valence-corrected chi connectivity index (χ0v) is 22.3. The lowest BCUT2D eigenvalue weighted by molar-refractivity contribution is 0.0376. The van der Waals surface area contributed by atoms with Gasteiger partial charge in [-0.2, -0.15) is 0 Å². The Morgan fingerprint density at radius 3 is 2.59 bits per heavy atom. The van der Waals surface area contributed by atoms with Gasteiger partial charge in [0.15, 0.2) is 11.5 Å². The fraction of sp³-hybridized carbons (Fsp3) is 0.483. The molecule has 2 aliphatic rings. The fourth-order valence-corrected chi connectivity index (χ4v) is 5.68. The summed E-state index contributed by atoms with van der Waals surface area (Å²) in [5, 5.41) is 1.19. The van der Waals surface area contributed by atoms with Crippen LogP contribution in [0, 0.1) is 0 Å². The van der Waals surface area contributed by atoms with Gasteiger partial charge < -0.3 is 33.3 Å². The van der Waals surface area contributed by atoms with Crippen LogP contribution in [0.15, 0.2) is 36.5 Å². The second-order valence-electron chi connectivity index (χ2n) is 9.66. The molecule has 2 aliphatic heterocycles. The van der Waals surface area contributed by atoms with Crippen molar-refractivity contribution < 1.29 is 23.7 Å². The van der Waals surface area contributed by atoms with Crippen LogP contribution in [0.1, 0.15) is 36.1 Å². The number of morpholine rings is 1. The molecule has 2 aromatic carbocycles. The number of urea groups is 1.